The van der Waals surface area contributed by atoms with Crippen LogP contribution in [0.1, 0.15) is 39.5 Å². The third-order valence-electron chi connectivity index (χ3n) is 3.28. The van der Waals surface area contributed by atoms with Crippen molar-refractivity contribution < 1.29 is 4.74 Å². The first-order chi connectivity index (χ1) is 7.31. The Balaban J connectivity index is 2.37. The van der Waals surface area contributed by atoms with Crippen LogP contribution < -0.4 is 5.73 Å². The lowest BCUT2D eigenvalue weighted by atomic mass is 10.1. The van der Waals surface area contributed by atoms with Crippen LogP contribution in [0.5, 0.6) is 0 Å². The Morgan fingerprint density at radius 3 is 2.73 bits per heavy atom. The number of nitrogens with zero attached hydrogens (tertiary/aromatic N) is 1. The third-order valence-corrected chi connectivity index (χ3v) is 3.28. The second-order valence-corrected chi connectivity index (χ2v) is 4.40. The van der Waals surface area contributed by atoms with E-state index in [0.717, 1.165) is 26.2 Å². The van der Waals surface area contributed by atoms with Gasteiger partial charge in [-0.15, -0.1) is 0 Å². The number of likely N-dealkylation sites (N-methyl/N-ethyl adjacent to an activating group) is 1. The van der Waals surface area contributed by atoms with Gasteiger partial charge >= 0.3 is 0 Å². The molecule has 2 unspecified atom stereocenters. The molecule has 3 nitrogen and oxygen atoms in total. The smallest absolute Gasteiger partial charge is 0.0702 e. The van der Waals surface area contributed by atoms with Crippen molar-refractivity contribution in [1.29, 1.82) is 0 Å². The van der Waals surface area contributed by atoms with Gasteiger partial charge in [-0.25, -0.2) is 0 Å². The molecular weight excluding hydrogens is 188 g/mol. The van der Waals surface area contributed by atoms with E-state index in [1.54, 1.807) is 0 Å². The van der Waals surface area contributed by atoms with Crippen molar-refractivity contribution in [3.8, 4) is 0 Å². The highest BCUT2D eigenvalue weighted by Crippen LogP contribution is 2.15. The van der Waals surface area contributed by atoms with Gasteiger partial charge in [0.15, 0.2) is 0 Å². The van der Waals surface area contributed by atoms with Gasteiger partial charge < -0.3 is 10.5 Å². The second-order valence-electron chi connectivity index (χ2n) is 4.40. The van der Waals surface area contributed by atoms with Crippen LogP contribution in [0.4, 0.5) is 0 Å². The maximum absolute atomic E-state index is 5.83. The molecule has 0 aromatic rings. The molecule has 0 saturated carbocycles. The normalized spacial score (nSPS) is 23.6. The summed E-state index contributed by atoms with van der Waals surface area (Å²) < 4.78 is 5.68. The van der Waals surface area contributed by atoms with Crippen molar-refractivity contribution in [1.82, 2.24) is 4.90 Å². The van der Waals surface area contributed by atoms with E-state index in [9.17, 15) is 0 Å². The first-order valence-corrected chi connectivity index (χ1v) is 6.37. The molecule has 1 rings (SSSR count). The lowest BCUT2D eigenvalue weighted by Crippen LogP contribution is -2.44. The van der Waals surface area contributed by atoms with Gasteiger partial charge in [0.2, 0.25) is 0 Å². The summed E-state index contributed by atoms with van der Waals surface area (Å²) in [4.78, 5) is 2.49. The van der Waals surface area contributed by atoms with E-state index in [1.807, 2.05) is 0 Å². The molecule has 1 aliphatic rings. The molecule has 0 aromatic heterocycles. The lowest BCUT2D eigenvalue weighted by molar-refractivity contribution is 0.0586. The lowest BCUT2D eigenvalue weighted by Gasteiger charge is -2.31. The number of hydrogen-bond donors (Lipinski definition) is 1. The molecule has 2 N–H and O–H groups in total. The largest absolute Gasteiger partial charge is 0.377 e. The third kappa shape index (κ3) is 4.09. The number of nitrogens with two attached hydrogens (primary N) is 1. The minimum atomic E-state index is 0.454. The molecule has 15 heavy (non-hydrogen) atoms. The highest BCUT2D eigenvalue weighted by Gasteiger charge is 2.22. The molecule has 0 aromatic carbocycles. The predicted octanol–water partition coefficient (Wildman–Crippen LogP) is 1.61. The van der Waals surface area contributed by atoms with Crippen molar-refractivity contribution in [2.24, 2.45) is 5.73 Å². The monoisotopic (exact) mass is 214 g/mol. The molecule has 0 spiro atoms. The van der Waals surface area contributed by atoms with Gasteiger partial charge in [0.25, 0.3) is 0 Å². The summed E-state index contributed by atoms with van der Waals surface area (Å²) >= 11 is 0. The van der Waals surface area contributed by atoms with Gasteiger partial charge in [0.1, 0.15) is 0 Å². The fourth-order valence-electron chi connectivity index (χ4n) is 2.37. The van der Waals surface area contributed by atoms with Crippen molar-refractivity contribution in [3.05, 3.63) is 0 Å². The first-order valence-electron chi connectivity index (χ1n) is 6.37. The van der Waals surface area contributed by atoms with Crippen LogP contribution >= 0.6 is 0 Å². The van der Waals surface area contributed by atoms with Crippen molar-refractivity contribution in [2.45, 2.75) is 51.7 Å². The van der Waals surface area contributed by atoms with Gasteiger partial charge in [-0.05, 0) is 25.8 Å². The van der Waals surface area contributed by atoms with Gasteiger partial charge in [0.05, 0.1) is 6.10 Å². The minimum Gasteiger partial charge on any atom is -0.377 e. The van der Waals surface area contributed by atoms with E-state index < -0.39 is 0 Å². The van der Waals surface area contributed by atoms with Gasteiger partial charge in [-0.2, -0.15) is 0 Å². The fourth-order valence-corrected chi connectivity index (χ4v) is 2.37. The van der Waals surface area contributed by atoms with Crippen LogP contribution in [0, 0.1) is 0 Å². The first kappa shape index (κ1) is 12.9. The van der Waals surface area contributed by atoms with Crippen molar-refractivity contribution >= 4 is 0 Å². The average molecular weight is 214 g/mol. The van der Waals surface area contributed by atoms with Crippen LogP contribution in [0.2, 0.25) is 0 Å². The fraction of sp³-hybridized carbons (Fsp3) is 1.00. The molecule has 1 aliphatic heterocycles. The predicted molar refractivity (Wildman–Crippen MR) is 64.0 cm³/mol. The van der Waals surface area contributed by atoms with E-state index in [0.29, 0.717) is 12.1 Å². The molecule has 1 saturated heterocycles. The van der Waals surface area contributed by atoms with Crippen LogP contribution in [-0.4, -0.2) is 43.3 Å². The summed E-state index contributed by atoms with van der Waals surface area (Å²) in [5.74, 6) is 0. The SMILES string of the molecule is CCCC(CN)N(CC)CC1CCCO1. The van der Waals surface area contributed by atoms with E-state index in [1.165, 1.54) is 25.7 Å². The number of hydrogen-bond acceptors (Lipinski definition) is 3. The van der Waals surface area contributed by atoms with Gasteiger partial charge in [0, 0.05) is 25.7 Å². The quantitative estimate of drug-likeness (QED) is 0.700. The van der Waals surface area contributed by atoms with E-state index >= 15 is 0 Å². The molecule has 2 atom stereocenters. The van der Waals surface area contributed by atoms with Crippen LogP contribution in [0.25, 0.3) is 0 Å². The summed E-state index contributed by atoms with van der Waals surface area (Å²) in [5.41, 5.74) is 5.83. The molecule has 3 heteroatoms. The van der Waals surface area contributed by atoms with Gasteiger partial charge in [-0.1, -0.05) is 20.3 Å². The summed E-state index contributed by atoms with van der Waals surface area (Å²) in [6.07, 6.45) is 5.32. The topological polar surface area (TPSA) is 38.5 Å². The minimum absolute atomic E-state index is 0.454. The number of ether oxygens (including phenoxy) is 1. The Bertz CT molecular complexity index is 158. The van der Waals surface area contributed by atoms with E-state index in [4.69, 9.17) is 10.5 Å². The van der Waals surface area contributed by atoms with Crippen molar-refractivity contribution in [2.75, 3.05) is 26.2 Å². The Labute approximate surface area is 94.0 Å². The maximum Gasteiger partial charge on any atom is 0.0702 e. The van der Waals surface area contributed by atoms with E-state index in [2.05, 4.69) is 18.7 Å². The molecule has 0 bridgehead atoms. The van der Waals surface area contributed by atoms with Crippen LogP contribution in [-0.2, 0) is 4.74 Å². The molecular formula is C12H26N2O. The molecule has 0 aliphatic carbocycles. The highest BCUT2D eigenvalue weighted by atomic mass is 16.5. The number of rotatable bonds is 7. The van der Waals surface area contributed by atoms with Crippen LogP contribution in [0.3, 0.4) is 0 Å². The average Bonchev–Trinajstić information content (AvgIpc) is 2.75. The molecule has 90 valence electrons. The van der Waals surface area contributed by atoms with Gasteiger partial charge in [-0.3, -0.25) is 4.90 Å². The summed E-state index contributed by atoms with van der Waals surface area (Å²) in [5, 5.41) is 0. The maximum atomic E-state index is 5.83. The molecule has 0 amide bonds. The zero-order valence-corrected chi connectivity index (χ0v) is 10.2. The van der Waals surface area contributed by atoms with E-state index in [-0.39, 0.29) is 0 Å². The van der Waals surface area contributed by atoms with Crippen LogP contribution in [0.15, 0.2) is 0 Å². The summed E-state index contributed by atoms with van der Waals surface area (Å²) in [6, 6.07) is 0.546. The zero-order chi connectivity index (χ0) is 11.1. The second kappa shape index (κ2) is 7.20. The standard InChI is InChI=1S/C12H26N2O/c1-3-6-11(9-13)14(4-2)10-12-7-5-8-15-12/h11-12H,3-10,13H2,1-2H3. The summed E-state index contributed by atoms with van der Waals surface area (Å²) in [6.45, 7) is 8.31. The Morgan fingerprint density at radius 1 is 1.47 bits per heavy atom. The Morgan fingerprint density at radius 2 is 2.27 bits per heavy atom. The molecule has 1 heterocycles. The van der Waals surface area contributed by atoms with Crippen molar-refractivity contribution in [3.63, 3.8) is 0 Å². The molecule has 0 radical (unpaired) electrons. The Hall–Kier alpha value is -0.120. The summed E-state index contributed by atoms with van der Waals surface area (Å²) in [7, 11) is 0. The zero-order valence-electron chi connectivity index (χ0n) is 10.2. The highest BCUT2D eigenvalue weighted by molar-refractivity contribution is 4.76. The molecule has 1 fully saturated rings. The Kier molecular flexibility index (Phi) is 6.22.